The number of nitrogens with zero attached hydrogens (tertiary/aromatic N) is 2. The lowest BCUT2D eigenvalue weighted by Crippen LogP contribution is -2.11. The van der Waals surface area contributed by atoms with Gasteiger partial charge < -0.3 is 0 Å². The molecule has 0 amide bonds. The fourth-order valence-electron chi connectivity index (χ4n) is 3.14. The van der Waals surface area contributed by atoms with E-state index in [1.165, 1.54) is 24.3 Å². The van der Waals surface area contributed by atoms with Crippen molar-refractivity contribution >= 4 is 31.9 Å². The van der Waals surface area contributed by atoms with Crippen LogP contribution < -0.4 is 0 Å². The van der Waals surface area contributed by atoms with E-state index in [2.05, 4.69) is 9.97 Å². The molecule has 0 fully saturated rings. The molecule has 12 heteroatoms. The number of benzene rings is 3. The van der Waals surface area contributed by atoms with E-state index in [0.717, 1.165) is 12.3 Å². The molecule has 1 heterocycles. The zero-order valence-corrected chi connectivity index (χ0v) is 16.3. The summed E-state index contributed by atoms with van der Waals surface area (Å²) < 4.78 is 111. The standard InChI is InChI=1S/C20H10F6N2O3S/c21-19(22,23)13-3-12(4-14(8-13)20(24,25)26)18-9-27-16-6-10-1-2-15(32(29,30)31)5-11(10)7-17(16)28-18/h1-9H,(H,29,30,31). The maximum absolute atomic E-state index is 13.1. The summed E-state index contributed by atoms with van der Waals surface area (Å²) in [7, 11) is -4.49. The van der Waals surface area contributed by atoms with Crippen molar-refractivity contribution in [1.82, 2.24) is 9.97 Å². The molecular formula is C20H10F6N2O3S. The molecule has 0 radical (unpaired) electrons. The summed E-state index contributed by atoms with van der Waals surface area (Å²) in [5, 5.41) is 0.851. The first kappa shape index (κ1) is 22.0. The Morgan fingerprint density at radius 2 is 1.34 bits per heavy atom. The predicted molar refractivity (Wildman–Crippen MR) is 102 cm³/mol. The molecule has 1 N–H and O–H groups in total. The highest BCUT2D eigenvalue weighted by molar-refractivity contribution is 7.85. The molecule has 3 aromatic carbocycles. The zero-order valence-electron chi connectivity index (χ0n) is 15.5. The second-order valence-electron chi connectivity index (χ2n) is 6.87. The Hall–Kier alpha value is -3.25. The van der Waals surface area contributed by atoms with Crippen molar-refractivity contribution < 1.29 is 39.3 Å². The second kappa shape index (κ2) is 7.14. The number of hydrogen-bond acceptors (Lipinski definition) is 4. The highest BCUT2D eigenvalue weighted by atomic mass is 32.2. The van der Waals surface area contributed by atoms with Crippen LogP contribution >= 0.6 is 0 Å². The van der Waals surface area contributed by atoms with Gasteiger partial charge in [-0.2, -0.15) is 34.8 Å². The third-order valence-electron chi connectivity index (χ3n) is 4.65. The fraction of sp³-hybridized carbons (Fsp3) is 0.100. The minimum absolute atomic E-state index is 0.0162. The van der Waals surface area contributed by atoms with Gasteiger partial charge in [0.05, 0.1) is 38.9 Å². The van der Waals surface area contributed by atoms with Crippen LogP contribution in [0.3, 0.4) is 0 Å². The van der Waals surface area contributed by atoms with Gasteiger partial charge >= 0.3 is 12.4 Å². The van der Waals surface area contributed by atoms with Crippen LogP contribution in [-0.2, 0) is 22.5 Å². The van der Waals surface area contributed by atoms with E-state index in [1.807, 2.05) is 0 Å². The first-order valence-electron chi connectivity index (χ1n) is 8.70. The highest BCUT2D eigenvalue weighted by Gasteiger charge is 2.37. The molecule has 0 aliphatic carbocycles. The van der Waals surface area contributed by atoms with E-state index in [4.69, 9.17) is 0 Å². The molecule has 5 nitrogen and oxygen atoms in total. The topological polar surface area (TPSA) is 80.2 Å². The van der Waals surface area contributed by atoms with E-state index in [1.54, 1.807) is 0 Å². The van der Waals surface area contributed by atoms with E-state index in [0.29, 0.717) is 22.9 Å². The van der Waals surface area contributed by atoms with Crippen molar-refractivity contribution in [3.05, 3.63) is 65.9 Å². The molecular weight excluding hydrogens is 462 g/mol. The number of aromatic nitrogens is 2. The average molecular weight is 472 g/mol. The first-order chi connectivity index (χ1) is 14.7. The zero-order chi connectivity index (χ0) is 23.5. The summed E-state index contributed by atoms with van der Waals surface area (Å²) in [6.07, 6.45) is -8.97. The Kier molecular flexibility index (Phi) is 4.90. The van der Waals surface area contributed by atoms with E-state index in [-0.39, 0.29) is 27.7 Å². The lowest BCUT2D eigenvalue weighted by Gasteiger charge is -2.14. The summed E-state index contributed by atoms with van der Waals surface area (Å²) in [6, 6.07) is 7.73. The van der Waals surface area contributed by atoms with Crippen molar-refractivity contribution in [3.63, 3.8) is 0 Å². The summed E-state index contributed by atoms with van der Waals surface area (Å²) in [5.74, 6) is 0. The molecule has 166 valence electrons. The Labute approximate surface area is 176 Å². The third kappa shape index (κ3) is 4.23. The van der Waals surface area contributed by atoms with Gasteiger partial charge in [0.15, 0.2) is 0 Å². The number of alkyl halides is 6. The van der Waals surface area contributed by atoms with Gasteiger partial charge in [-0.1, -0.05) is 6.07 Å². The van der Waals surface area contributed by atoms with E-state index < -0.39 is 39.2 Å². The summed E-state index contributed by atoms with van der Waals surface area (Å²) in [6.45, 7) is 0. The lowest BCUT2D eigenvalue weighted by atomic mass is 10.0. The molecule has 0 saturated heterocycles. The molecule has 0 aliphatic heterocycles. The minimum atomic E-state index is -5.01. The fourth-order valence-corrected chi connectivity index (χ4v) is 3.65. The van der Waals surface area contributed by atoms with Crippen molar-refractivity contribution in [2.75, 3.05) is 0 Å². The molecule has 4 aromatic rings. The largest absolute Gasteiger partial charge is 0.416 e. The Morgan fingerprint density at radius 3 is 1.91 bits per heavy atom. The van der Waals surface area contributed by atoms with Crippen molar-refractivity contribution in [3.8, 4) is 11.3 Å². The number of halogens is 6. The van der Waals surface area contributed by atoms with Crippen molar-refractivity contribution in [2.45, 2.75) is 17.2 Å². The van der Waals surface area contributed by atoms with Gasteiger partial charge in [-0.3, -0.25) is 9.54 Å². The average Bonchev–Trinajstić information content (AvgIpc) is 2.69. The highest BCUT2D eigenvalue weighted by Crippen LogP contribution is 2.38. The Balaban J connectivity index is 1.92. The molecule has 32 heavy (non-hydrogen) atoms. The molecule has 0 unspecified atom stereocenters. The third-order valence-corrected chi connectivity index (χ3v) is 5.50. The quantitative estimate of drug-likeness (QED) is 0.229. The van der Waals surface area contributed by atoms with Crippen LogP contribution in [0.4, 0.5) is 26.3 Å². The summed E-state index contributed by atoms with van der Waals surface area (Å²) >= 11 is 0. The molecule has 4 rings (SSSR count). The van der Waals surface area contributed by atoms with Crippen LogP contribution in [0.1, 0.15) is 11.1 Å². The SMILES string of the molecule is O=S(=O)(O)c1ccc2cc3ncc(-c4cc(C(F)(F)F)cc(C(F)(F)F)c4)nc3cc2c1. The summed E-state index contributed by atoms with van der Waals surface area (Å²) in [5.41, 5.74) is -3.26. The molecule has 0 spiro atoms. The molecule has 0 aliphatic rings. The van der Waals surface area contributed by atoms with Crippen LogP contribution in [-0.4, -0.2) is 22.9 Å². The van der Waals surface area contributed by atoms with E-state index >= 15 is 0 Å². The maximum Gasteiger partial charge on any atom is 0.416 e. The maximum atomic E-state index is 13.1. The van der Waals surface area contributed by atoms with Crippen molar-refractivity contribution in [1.29, 1.82) is 0 Å². The minimum Gasteiger partial charge on any atom is -0.282 e. The van der Waals surface area contributed by atoms with Crippen molar-refractivity contribution in [2.24, 2.45) is 0 Å². The normalized spacial score (nSPS) is 13.1. The summed E-state index contributed by atoms with van der Waals surface area (Å²) in [4.78, 5) is 7.81. The van der Waals surface area contributed by atoms with Gasteiger partial charge in [0.1, 0.15) is 0 Å². The van der Waals surface area contributed by atoms with Crippen LogP contribution in [0.5, 0.6) is 0 Å². The monoisotopic (exact) mass is 472 g/mol. The van der Waals surface area contributed by atoms with Crippen LogP contribution in [0, 0.1) is 0 Å². The van der Waals surface area contributed by atoms with Crippen LogP contribution in [0.2, 0.25) is 0 Å². The molecule has 0 saturated carbocycles. The van der Waals surface area contributed by atoms with Gasteiger partial charge in [0.25, 0.3) is 10.1 Å². The second-order valence-corrected chi connectivity index (χ2v) is 8.30. The Morgan fingerprint density at radius 1 is 0.750 bits per heavy atom. The lowest BCUT2D eigenvalue weighted by molar-refractivity contribution is -0.143. The molecule has 0 atom stereocenters. The smallest absolute Gasteiger partial charge is 0.282 e. The van der Waals surface area contributed by atoms with Crippen LogP contribution in [0.15, 0.2) is 59.6 Å². The molecule has 0 bridgehead atoms. The van der Waals surface area contributed by atoms with Crippen LogP contribution in [0.25, 0.3) is 33.1 Å². The number of rotatable bonds is 2. The van der Waals surface area contributed by atoms with Gasteiger partial charge in [-0.05, 0) is 53.2 Å². The predicted octanol–water partition coefficient (Wildman–Crippen LogP) is 5.73. The van der Waals surface area contributed by atoms with Gasteiger partial charge in [-0.15, -0.1) is 0 Å². The number of hydrogen-bond donors (Lipinski definition) is 1. The molecule has 1 aromatic heterocycles. The first-order valence-corrected chi connectivity index (χ1v) is 10.1. The van der Waals surface area contributed by atoms with Gasteiger partial charge in [0, 0.05) is 5.56 Å². The van der Waals surface area contributed by atoms with E-state index in [9.17, 15) is 39.3 Å². The Bertz CT molecular complexity index is 1450. The van der Waals surface area contributed by atoms with Gasteiger partial charge in [-0.25, -0.2) is 4.98 Å². The van der Waals surface area contributed by atoms with Gasteiger partial charge in [0.2, 0.25) is 0 Å². The number of fused-ring (bicyclic) bond motifs is 2.